The summed E-state index contributed by atoms with van der Waals surface area (Å²) in [4.78, 5) is 12.1. The van der Waals surface area contributed by atoms with Gasteiger partial charge in [0.15, 0.2) is 0 Å². The van der Waals surface area contributed by atoms with Gasteiger partial charge >= 0.3 is 0 Å². The minimum atomic E-state index is 0.0501. The van der Waals surface area contributed by atoms with Crippen LogP contribution in [0.15, 0.2) is 18.2 Å². The third-order valence-electron chi connectivity index (χ3n) is 3.44. The molecule has 1 fully saturated rings. The topological polar surface area (TPSA) is 41.1 Å². The van der Waals surface area contributed by atoms with Gasteiger partial charge in [0.05, 0.1) is 5.56 Å². The van der Waals surface area contributed by atoms with E-state index in [-0.39, 0.29) is 5.91 Å². The lowest BCUT2D eigenvalue weighted by Crippen LogP contribution is -2.27. The van der Waals surface area contributed by atoms with E-state index in [1.165, 1.54) is 6.42 Å². The highest BCUT2D eigenvalue weighted by molar-refractivity contribution is 14.1. The second-order valence-electron chi connectivity index (χ2n) is 4.84. The number of aryl methyl sites for hydroxylation is 1. The molecule has 1 unspecified atom stereocenters. The minimum absolute atomic E-state index is 0.0501. The van der Waals surface area contributed by atoms with Crippen molar-refractivity contribution in [3.05, 3.63) is 32.9 Å². The van der Waals surface area contributed by atoms with E-state index in [9.17, 15) is 4.79 Å². The Labute approximate surface area is 122 Å². The molecule has 1 saturated heterocycles. The number of halogens is 1. The molecule has 1 aromatic carbocycles. The van der Waals surface area contributed by atoms with Crippen molar-refractivity contribution in [2.45, 2.75) is 19.8 Å². The van der Waals surface area contributed by atoms with Gasteiger partial charge in [0.1, 0.15) is 0 Å². The summed E-state index contributed by atoms with van der Waals surface area (Å²) in [6.07, 6.45) is 2.30. The van der Waals surface area contributed by atoms with Crippen LogP contribution in [0.1, 0.15) is 28.8 Å². The van der Waals surface area contributed by atoms with Crippen molar-refractivity contribution >= 4 is 28.5 Å². The fourth-order valence-corrected chi connectivity index (χ4v) is 2.87. The summed E-state index contributed by atoms with van der Waals surface area (Å²) in [5, 5.41) is 6.37. The molecule has 0 radical (unpaired) electrons. The highest BCUT2D eigenvalue weighted by Gasteiger charge is 2.15. The zero-order chi connectivity index (χ0) is 13.0. The first-order chi connectivity index (χ1) is 8.68. The average Bonchev–Trinajstić information content (AvgIpc) is 2.85. The van der Waals surface area contributed by atoms with Crippen LogP contribution in [-0.4, -0.2) is 25.5 Å². The van der Waals surface area contributed by atoms with E-state index >= 15 is 0 Å². The summed E-state index contributed by atoms with van der Waals surface area (Å²) in [5.41, 5.74) is 1.95. The second kappa shape index (κ2) is 6.52. The maximum atomic E-state index is 12.1. The Morgan fingerprint density at radius 1 is 1.56 bits per heavy atom. The van der Waals surface area contributed by atoms with Crippen LogP contribution in [0.4, 0.5) is 0 Å². The Bertz CT molecular complexity index is 428. The molecule has 0 saturated carbocycles. The molecule has 0 aromatic heterocycles. The van der Waals surface area contributed by atoms with Gasteiger partial charge in [0, 0.05) is 10.1 Å². The molecule has 98 valence electrons. The summed E-state index contributed by atoms with van der Waals surface area (Å²) < 4.78 is 1.05. The Morgan fingerprint density at radius 2 is 2.39 bits per heavy atom. The van der Waals surface area contributed by atoms with Crippen LogP contribution in [0.2, 0.25) is 0 Å². The normalized spacial score (nSPS) is 18.9. The molecule has 1 aromatic rings. The van der Waals surface area contributed by atoms with E-state index in [1.807, 2.05) is 25.1 Å². The van der Waals surface area contributed by atoms with Crippen molar-refractivity contribution in [3.8, 4) is 0 Å². The number of benzene rings is 1. The van der Waals surface area contributed by atoms with Crippen molar-refractivity contribution in [3.63, 3.8) is 0 Å². The van der Waals surface area contributed by atoms with Gasteiger partial charge in [-0.1, -0.05) is 12.1 Å². The van der Waals surface area contributed by atoms with Crippen LogP contribution in [0.25, 0.3) is 0 Å². The Balaban J connectivity index is 1.85. The fourth-order valence-electron chi connectivity index (χ4n) is 2.27. The van der Waals surface area contributed by atoms with Crippen molar-refractivity contribution in [1.29, 1.82) is 0 Å². The molecule has 0 spiro atoms. The molecular formula is C14H19IN2O. The number of hydrogen-bond donors (Lipinski definition) is 2. The summed E-state index contributed by atoms with van der Waals surface area (Å²) in [6.45, 7) is 5.02. The molecule has 1 amide bonds. The van der Waals surface area contributed by atoms with E-state index < -0.39 is 0 Å². The molecule has 1 aliphatic rings. The summed E-state index contributed by atoms with van der Waals surface area (Å²) in [5.74, 6) is 0.774. The van der Waals surface area contributed by atoms with E-state index in [0.717, 1.165) is 46.7 Å². The van der Waals surface area contributed by atoms with Crippen molar-refractivity contribution in [2.24, 2.45) is 5.92 Å². The molecule has 1 aliphatic heterocycles. The molecule has 18 heavy (non-hydrogen) atoms. The molecule has 0 aliphatic carbocycles. The SMILES string of the molecule is Cc1cccc(C(=O)NCCC2CCNC2)c1I. The monoisotopic (exact) mass is 358 g/mol. The highest BCUT2D eigenvalue weighted by Crippen LogP contribution is 2.16. The maximum Gasteiger partial charge on any atom is 0.252 e. The number of rotatable bonds is 4. The number of amides is 1. The van der Waals surface area contributed by atoms with E-state index in [0.29, 0.717) is 0 Å². The molecule has 0 bridgehead atoms. The molecule has 1 heterocycles. The zero-order valence-electron chi connectivity index (χ0n) is 10.6. The van der Waals surface area contributed by atoms with Gasteiger partial charge in [-0.3, -0.25) is 4.79 Å². The maximum absolute atomic E-state index is 12.1. The third kappa shape index (κ3) is 3.45. The molecular weight excluding hydrogens is 339 g/mol. The first kappa shape index (κ1) is 13.8. The summed E-state index contributed by atoms with van der Waals surface area (Å²) in [7, 11) is 0. The van der Waals surface area contributed by atoms with Gasteiger partial charge in [-0.2, -0.15) is 0 Å². The standard InChI is InChI=1S/C14H19IN2O/c1-10-3-2-4-12(13(10)15)14(18)17-8-6-11-5-7-16-9-11/h2-4,11,16H,5-9H2,1H3,(H,17,18). The number of hydrogen-bond acceptors (Lipinski definition) is 2. The van der Waals surface area contributed by atoms with Crippen LogP contribution in [0.5, 0.6) is 0 Å². The molecule has 2 rings (SSSR count). The van der Waals surface area contributed by atoms with Crippen LogP contribution in [0.3, 0.4) is 0 Å². The Morgan fingerprint density at radius 3 is 3.11 bits per heavy atom. The van der Waals surface area contributed by atoms with Crippen LogP contribution in [0, 0.1) is 16.4 Å². The zero-order valence-corrected chi connectivity index (χ0v) is 12.8. The Hall–Kier alpha value is -0.620. The van der Waals surface area contributed by atoms with Crippen LogP contribution < -0.4 is 10.6 Å². The quantitative estimate of drug-likeness (QED) is 0.812. The van der Waals surface area contributed by atoms with Crippen molar-refractivity contribution in [2.75, 3.05) is 19.6 Å². The predicted octanol–water partition coefficient (Wildman–Crippen LogP) is 2.33. The average molecular weight is 358 g/mol. The van der Waals surface area contributed by atoms with Gasteiger partial charge in [0.2, 0.25) is 0 Å². The van der Waals surface area contributed by atoms with Gasteiger partial charge < -0.3 is 10.6 Å². The Kier molecular flexibility index (Phi) is 5.00. The number of nitrogens with one attached hydrogen (secondary N) is 2. The first-order valence-electron chi connectivity index (χ1n) is 6.42. The minimum Gasteiger partial charge on any atom is -0.352 e. The lowest BCUT2D eigenvalue weighted by atomic mass is 10.1. The predicted molar refractivity (Wildman–Crippen MR) is 81.8 cm³/mol. The lowest BCUT2D eigenvalue weighted by Gasteiger charge is -2.11. The van der Waals surface area contributed by atoms with E-state index in [1.54, 1.807) is 0 Å². The van der Waals surface area contributed by atoms with Crippen molar-refractivity contribution in [1.82, 2.24) is 10.6 Å². The first-order valence-corrected chi connectivity index (χ1v) is 7.50. The van der Waals surface area contributed by atoms with Crippen LogP contribution >= 0.6 is 22.6 Å². The largest absolute Gasteiger partial charge is 0.352 e. The lowest BCUT2D eigenvalue weighted by molar-refractivity contribution is 0.0950. The number of carbonyl (C=O) groups is 1. The molecule has 2 N–H and O–H groups in total. The molecule has 3 nitrogen and oxygen atoms in total. The smallest absolute Gasteiger partial charge is 0.252 e. The van der Waals surface area contributed by atoms with Gasteiger partial charge in [-0.25, -0.2) is 0 Å². The van der Waals surface area contributed by atoms with Crippen molar-refractivity contribution < 1.29 is 4.79 Å². The van der Waals surface area contributed by atoms with Gasteiger partial charge in [0.25, 0.3) is 5.91 Å². The van der Waals surface area contributed by atoms with Gasteiger partial charge in [-0.05, 0) is 73.0 Å². The highest BCUT2D eigenvalue weighted by atomic mass is 127. The van der Waals surface area contributed by atoms with Gasteiger partial charge in [-0.15, -0.1) is 0 Å². The second-order valence-corrected chi connectivity index (χ2v) is 5.92. The van der Waals surface area contributed by atoms with E-state index in [2.05, 4.69) is 33.2 Å². The summed E-state index contributed by atoms with van der Waals surface area (Å²) in [6, 6.07) is 5.86. The fraction of sp³-hybridized carbons (Fsp3) is 0.500. The van der Waals surface area contributed by atoms with Crippen LogP contribution in [-0.2, 0) is 0 Å². The number of carbonyl (C=O) groups excluding carboxylic acids is 1. The van der Waals surface area contributed by atoms with E-state index in [4.69, 9.17) is 0 Å². The summed E-state index contributed by atoms with van der Waals surface area (Å²) >= 11 is 2.24. The molecule has 4 heteroatoms. The molecule has 1 atom stereocenters. The third-order valence-corrected chi connectivity index (χ3v) is 4.87.